The summed E-state index contributed by atoms with van der Waals surface area (Å²) in [4.78, 5) is 38.9. The SMILES string of the molecule is COC(=O)C1=C(Nc2ccc(F)cc2C(=O)c2ccccc2)C(=O)N(CCO)C1. The number of halogens is 1. The molecule has 2 aromatic carbocycles. The van der Waals surface area contributed by atoms with Crippen molar-refractivity contribution in [3.8, 4) is 0 Å². The van der Waals surface area contributed by atoms with Gasteiger partial charge in [-0.25, -0.2) is 9.18 Å². The fraction of sp³-hybridized carbons (Fsp3) is 0.190. The average Bonchev–Trinajstić information content (AvgIpc) is 3.04. The number of carbonyl (C=O) groups excluding carboxylic acids is 3. The topological polar surface area (TPSA) is 95.9 Å². The Hall–Kier alpha value is -3.52. The van der Waals surface area contributed by atoms with E-state index in [0.29, 0.717) is 5.56 Å². The lowest BCUT2D eigenvalue weighted by molar-refractivity contribution is -0.136. The number of anilines is 1. The molecular formula is C21H19FN2O5. The van der Waals surface area contributed by atoms with Crippen LogP contribution in [0.15, 0.2) is 59.8 Å². The van der Waals surface area contributed by atoms with Gasteiger partial charge in [0.1, 0.15) is 11.5 Å². The second-order valence-corrected chi connectivity index (χ2v) is 6.31. The molecule has 0 bridgehead atoms. The van der Waals surface area contributed by atoms with Gasteiger partial charge >= 0.3 is 5.97 Å². The molecule has 1 aliphatic rings. The van der Waals surface area contributed by atoms with Crippen molar-refractivity contribution in [3.63, 3.8) is 0 Å². The third-order valence-electron chi connectivity index (χ3n) is 4.48. The number of β-amino-alcohol motifs (C(OH)–C–C–N with tert-alkyl or cyclic N) is 1. The van der Waals surface area contributed by atoms with Gasteiger partial charge in [0, 0.05) is 17.7 Å². The number of ether oxygens (including phenoxy) is 1. The first-order valence-corrected chi connectivity index (χ1v) is 8.84. The molecule has 0 saturated heterocycles. The second-order valence-electron chi connectivity index (χ2n) is 6.31. The number of hydrogen-bond donors (Lipinski definition) is 2. The molecule has 0 fully saturated rings. The number of aliphatic hydroxyl groups excluding tert-OH is 1. The van der Waals surface area contributed by atoms with E-state index in [1.54, 1.807) is 30.3 Å². The Kier molecular flexibility index (Phi) is 6.04. The van der Waals surface area contributed by atoms with E-state index in [4.69, 9.17) is 9.84 Å². The normalized spacial score (nSPS) is 13.6. The Balaban J connectivity index is 2.01. The standard InChI is InChI=1S/C21H19FN2O5/c1-29-21(28)16-12-24(9-10-25)20(27)18(16)23-17-8-7-14(22)11-15(17)19(26)13-5-3-2-4-6-13/h2-8,11,23,25H,9-10,12H2,1H3. The molecule has 0 radical (unpaired) electrons. The van der Waals surface area contributed by atoms with Gasteiger partial charge in [-0.05, 0) is 18.2 Å². The fourth-order valence-corrected chi connectivity index (χ4v) is 3.04. The minimum atomic E-state index is -0.709. The number of carbonyl (C=O) groups is 3. The zero-order chi connectivity index (χ0) is 21.0. The molecule has 2 aromatic rings. The maximum absolute atomic E-state index is 13.9. The summed E-state index contributed by atoms with van der Waals surface area (Å²) in [5.41, 5.74) is 0.535. The first kappa shape index (κ1) is 20.2. The minimum Gasteiger partial charge on any atom is -0.466 e. The molecule has 0 aromatic heterocycles. The first-order chi connectivity index (χ1) is 14.0. The van der Waals surface area contributed by atoms with Gasteiger partial charge in [-0.15, -0.1) is 0 Å². The van der Waals surface area contributed by atoms with E-state index in [9.17, 15) is 18.8 Å². The van der Waals surface area contributed by atoms with Gasteiger partial charge in [0.2, 0.25) is 0 Å². The highest BCUT2D eigenvalue weighted by Gasteiger charge is 2.35. The summed E-state index contributed by atoms with van der Waals surface area (Å²) < 4.78 is 18.6. The van der Waals surface area contributed by atoms with Gasteiger partial charge in [-0.3, -0.25) is 9.59 Å². The van der Waals surface area contributed by atoms with Crippen molar-refractivity contribution < 1.29 is 28.6 Å². The van der Waals surface area contributed by atoms with E-state index in [-0.39, 0.29) is 42.2 Å². The van der Waals surface area contributed by atoms with Crippen molar-refractivity contribution in [1.82, 2.24) is 4.90 Å². The summed E-state index contributed by atoms with van der Waals surface area (Å²) in [6.07, 6.45) is 0. The van der Waals surface area contributed by atoms with Crippen molar-refractivity contribution in [3.05, 3.63) is 76.7 Å². The molecule has 150 valence electrons. The molecule has 0 spiro atoms. The lowest BCUT2D eigenvalue weighted by Crippen LogP contribution is -2.31. The maximum Gasteiger partial charge on any atom is 0.337 e. The largest absolute Gasteiger partial charge is 0.466 e. The number of aliphatic hydroxyl groups is 1. The lowest BCUT2D eigenvalue weighted by Gasteiger charge is -2.16. The summed E-state index contributed by atoms with van der Waals surface area (Å²) in [5, 5.41) is 11.9. The van der Waals surface area contributed by atoms with Gasteiger partial charge in [0.15, 0.2) is 5.78 Å². The number of rotatable bonds is 7. The zero-order valence-electron chi connectivity index (χ0n) is 15.6. The van der Waals surface area contributed by atoms with Crippen LogP contribution in [0.5, 0.6) is 0 Å². The van der Waals surface area contributed by atoms with E-state index >= 15 is 0 Å². The van der Waals surface area contributed by atoms with Crippen LogP contribution in [0.3, 0.4) is 0 Å². The van der Waals surface area contributed by atoms with Crippen LogP contribution in [-0.2, 0) is 14.3 Å². The molecule has 1 heterocycles. The number of nitrogens with one attached hydrogen (secondary N) is 1. The van der Waals surface area contributed by atoms with Crippen LogP contribution in [0, 0.1) is 5.82 Å². The predicted octanol–water partition coefficient (Wildman–Crippen LogP) is 1.73. The molecule has 7 nitrogen and oxygen atoms in total. The van der Waals surface area contributed by atoms with Crippen LogP contribution in [0.1, 0.15) is 15.9 Å². The number of ketones is 1. The Morgan fingerprint density at radius 1 is 1.21 bits per heavy atom. The average molecular weight is 398 g/mol. The fourth-order valence-electron chi connectivity index (χ4n) is 3.04. The van der Waals surface area contributed by atoms with Crippen LogP contribution in [0.4, 0.5) is 10.1 Å². The van der Waals surface area contributed by atoms with E-state index in [1.165, 1.54) is 18.1 Å². The molecule has 8 heteroatoms. The van der Waals surface area contributed by atoms with E-state index in [2.05, 4.69) is 5.32 Å². The van der Waals surface area contributed by atoms with Crippen molar-refractivity contribution in [2.75, 3.05) is 32.1 Å². The third-order valence-corrected chi connectivity index (χ3v) is 4.48. The van der Waals surface area contributed by atoms with Crippen LogP contribution in [0.25, 0.3) is 0 Å². The predicted molar refractivity (Wildman–Crippen MR) is 103 cm³/mol. The van der Waals surface area contributed by atoms with E-state index in [1.807, 2.05) is 0 Å². The molecule has 3 rings (SSSR count). The highest BCUT2D eigenvalue weighted by molar-refractivity contribution is 6.14. The summed E-state index contributed by atoms with van der Waals surface area (Å²) in [5.74, 6) is -2.29. The Morgan fingerprint density at radius 3 is 2.59 bits per heavy atom. The van der Waals surface area contributed by atoms with Crippen molar-refractivity contribution >= 4 is 23.3 Å². The molecule has 0 aliphatic carbocycles. The summed E-state index contributed by atoms with van der Waals surface area (Å²) >= 11 is 0. The maximum atomic E-state index is 13.9. The molecule has 1 aliphatic heterocycles. The highest BCUT2D eigenvalue weighted by atomic mass is 19.1. The number of methoxy groups -OCH3 is 1. The quantitative estimate of drug-likeness (QED) is 0.545. The zero-order valence-corrected chi connectivity index (χ0v) is 15.6. The molecule has 2 N–H and O–H groups in total. The number of hydrogen-bond acceptors (Lipinski definition) is 6. The molecule has 1 amide bonds. The molecule has 29 heavy (non-hydrogen) atoms. The Morgan fingerprint density at radius 2 is 1.93 bits per heavy atom. The molecule has 0 saturated carbocycles. The Bertz CT molecular complexity index is 988. The third kappa shape index (κ3) is 4.17. The van der Waals surface area contributed by atoms with Crippen molar-refractivity contribution in [1.29, 1.82) is 0 Å². The van der Waals surface area contributed by atoms with Crippen LogP contribution >= 0.6 is 0 Å². The summed E-state index contributed by atoms with van der Waals surface area (Å²) in [7, 11) is 1.19. The molecule has 0 atom stereocenters. The van der Waals surface area contributed by atoms with E-state index in [0.717, 1.165) is 12.1 Å². The lowest BCUT2D eigenvalue weighted by atomic mass is 10.0. The van der Waals surface area contributed by atoms with Crippen LogP contribution in [-0.4, -0.2) is 54.5 Å². The second kappa shape index (κ2) is 8.66. The summed E-state index contributed by atoms with van der Waals surface area (Å²) in [6, 6.07) is 11.9. The number of esters is 1. The van der Waals surface area contributed by atoms with Gasteiger partial charge in [-0.2, -0.15) is 0 Å². The van der Waals surface area contributed by atoms with Gasteiger partial charge in [0.05, 0.1) is 31.5 Å². The number of benzene rings is 2. The van der Waals surface area contributed by atoms with Crippen molar-refractivity contribution in [2.24, 2.45) is 0 Å². The van der Waals surface area contributed by atoms with Gasteiger partial charge < -0.3 is 20.1 Å². The Labute approximate surface area is 166 Å². The number of nitrogens with zero attached hydrogens (tertiary/aromatic N) is 1. The minimum absolute atomic E-state index is 0.0151. The van der Waals surface area contributed by atoms with Gasteiger partial charge in [0.25, 0.3) is 5.91 Å². The first-order valence-electron chi connectivity index (χ1n) is 8.84. The smallest absolute Gasteiger partial charge is 0.337 e. The van der Waals surface area contributed by atoms with Crippen LogP contribution < -0.4 is 5.32 Å². The van der Waals surface area contributed by atoms with Crippen LogP contribution in [0.2, 0.25) is 0 Å². The summed E-state index contributed by atoms with van der Waals surface area (Å²) in [6.45, 7) is -0.289. The number of amides is 1. The van der Waals surface area contributed by atoms with E-state index < -0.39 is 23.5 Å². The van der Waals surface area contributed by atoms with Gasteiger partial charge in [-0.1, -0.05) is 30.3 Å². The monoisotopic (exact) mass is 398 g/mol. The molecule has 0 unspecified atom stereocenters. The molecular weight excluding hydrogens is 379 g/mol. The highest BCUT2D eigenvalue weighted by Crippen LogP contribution is 2.27. The van der Waals surface area contributed by atoms with Crippen molar-refractivity contribution in [2.45, 2.75) is 0 Å².